The molecule has 7 atom stereocenters. The molecule has 0 N–H and O–H groups in total. The molecule has 4 aliphatic rings. The van der Waals surface area contributed by atoms with Crippen molar-refractivity contribution >= 4 is 5.78 Å². The highest BCUT2D eigenvalue weighted by molar-refractivity contribution is 5.91. The summed E-state index contributed by atoms with van der Waals surface area (Å²) in [6.45, 7) is 3.94. The molecular weight excluding hydrogens is 319 g/mol. The number of carbonyl (C=O) groups is 1. The first-order valence-corrected chi connectivity index (χ1v) is 9.89. The van der Waals surface area contributed by atoms with E-state index in [0.717, 1.165) is 24.8 Å². The van der Waals surface area contributed by atoms with Crippen LogP contribution in [-0.4, -0.2) is 32.0 Å². The van der Waals surface area contributed by atoms with Gasteiger partial charge in [-0.1, -0.05) is 13.8 Å². The number of hydrogen-bond donors (Lipinski definition) is 0. The Bertz CT molecular complexity index is 588. The summed E-state index contributed by atoms with van der Waals surface area (Å²) in [6, 6.07) is 0. The maximum absolute atomic E-state index is 13.1. The van der Waals surface area contributed by atoms with Crippen LogP contribution in [-0.2, 0) is 14.3 Å². The molecule has 4 rings (SSSR count). The van der Waals surface area contributed by atoms with E-state index in [2.05, 4.69) is 13.8 Å². The minimum absolute atomic E-state index is 0.0108. The van der Waals surface area contributed by atoms with Gasteiger partial charge in [0, 0.05) is 13.5 Å². The number of rotatable bonds is 3. The number of fused-ring (bicyclic) bond motifs is 5. The van der Waals surface area contributed by atoms with Crippen LogP contribution in [0.1, 0.15) is 58.8 Å². The van der Waals surface area contributed by atoms with Crippen LogP contribution in [0.15, 0.2) is 11.6 Å². The highest BCUT2D eigenvalue weighted by atomic mass is 19.1. The zero-order valence-electron chi connectivity index (χ0n) is 15.7. The Morgan fingerprint density at radius 3 is 2.72 bits per heavy atom. The lowest BCUT2D eigenvalue weighted by Gasteiger charge is -2.59. The molecule has 3 fully saturated rings. The Morgan fingerprint density at radius 1 is 1.20 bits per heavy atom. The number of ketones is 1. The highest BCUT2D eigenvalue weighted by Crippen LogP contribution is 2.65. The first kappa shape index (κ1) is 17.7. The van der Waals surface area contributed by atoms with E-state index in [9.17, 15) is 9.18 Å². The molecule has 0 radical (unpaired) electrons. The Morgan fingerprint density at radius 2 is 2.00 bits per heavy atom. The number of alkyl halides is 1. The Hall–Kier alpha value is -0.740. The summed E-state index contributed by atoms with van der Waals surface area (Å²) in [7, 11) is 1.84. The van der Waals surface area contributed by atoms with Gasteiger partial charge >= 0.3 is 0 Å². The van der Waals surface area contributed by atoms with Crippen molar-refractivity contribution in [2.75, 3.05) is 14.0 Å². The van der Waals surface area contributed by atoms with E-state index < -0.39 is 6.86 Å². The monoisotopic (exact) mass is 350 g/mol. The zero-order chi connectivity index (χ0) is 17.8. The Labute approximate surface area is 150 Å². The second kappa shape index (κ2) is 6.16. The smallest absolute Gasteiger partial charge is 0.189 e. The summed E-state index contributed by atoms with van der Waals surface area (Å²) in [5, 5.41) is 0. The van der Waals surface area contributed by atoms with Gasteiger partial charge in [0.1, 0.15) is 0 Å². The first-order chi connectivity index (χ1) is 11.9. The maximum atomic E-state index is 13.1. The van der Waals surface area contributed by atoms with Gasteiger partial charge in [0.2, 0.25) is 0 Å². The molecule has 0 saturated heterocycles. The Balaban J connectivity index is 1.71. The number of hydrogen-bond acceptors (Lipinski definition) is 3. The number of halogens is 1. The summed E-state index contributed by atoms with van der Waals surface area (Å²) in [4.78, 5) is 12.0. The largest absolute Gasteiger partial charge is 0.381 e. The predicted octanol–water partition coefficient (Wildman–Crippen LogP) is 4.46. The molecular formula is C21H31FO3. The highest BCUT2D eigenvalue weighted by Gasteiger charge is 2.61. The molecule has 0 heterocycles. The minimum atomic E-state index is -0.772. The lowest BCUT2D eigenvalue weighted by Crippen LogP contribution is -2.55. The van der Waals surface area contributed by atoms with Gasteiger partial charge in [-0.3, -0.25) is 4.79 Å². The second-order valence-corrected chi connectivity index (χ2v) is 9.21. The van der Waals surface area contributed by atoms with Gasteiger partial charge in [-0.05, 0) is 78.8 Å². The molecule has 0 bridgehead atoms. The minimum Gasteiger partial charge on any atom is -0.381 e. The van der Waals surface area contributed by atoms with Crippen molar-refractivity contribution in [1.29, 1.82) is 0 Å². The van der Waals surface area contributed by atoms with Gasteiger partial charge in [0.15, 0.2) is 12.6 Å². The average Bonchev–Trinajstić information content (AvgIpc) is 2.93. The molecule has 0 amide bonds. The van der Waals surface area contributed by atoms with Crippen molar-refractivity contribution < 1.29 is 18.7 Å². The molecule has 4 heteroatoms. The summed E-state index contributed by atoms with van der Waals surface area (Å²) < 4.78 is 24.5. The van der Waals surface area contributed by atoms with Crippen molar-refractivity contribution in [2.24, 2.45) is 28.6 Å². The van der Waals surface area contributed by atoms with Crippen molar-refractivity contribution in [3.63, 3.8) is 0 Å². The van der Waals surface area contributed by atoms with Crippen molar-refractivity contribution in [3.8, 4) is 0 Å². The van der Waals surface area contributed by atoms with E-state index in [1.807, 2.05) is 7.11 Å². The van der Waals surface area contributed by atoms with Gasteiger partial charge in [0.25, 0.3) is 0 Å². The normalized spacial score (nSPS) is 49.2. The third-order valence-corrected chi connectivity index (χ3v) is 8.42. The Kier molecular flexibility index (Phi) is 4.35. The molecule has 0 aliphatic heterocycles. The molecule has 3 saturated carbocycles. The molecule has 4 aliphatic carbocycles. The fourth-order valence-corrected chi connectivity index (χ4v) is 7.15. The van der Waals surface area contributed by atoms with Crippen molar-refractivity contribution in [2.45, 2.75) is 71.0 Å². The SMILES string of the molecule is CO[C@H]1CC[C@H]2[C@@H]3CC(OCF)C4=CC(=O)CC[C@]4(C)[C@H]3CC[C@]12C. The molecule has 0 aromatic heterocycles. The standard InChI is InChI=1S/C21H31FO3/c1-20-8-6-13(23)10-17(20)18(25-12-22)11-14-15-4-5-19(24-3)21(15,2)9-7-16(14)20/h10,14-16,18-19H,4-9,11-12H2,1-3H3/t14-,15-,16-,18?,19-,20+,21-/m0/s1. The summed E-state index contributed by atoms with van der Waals surface area (Å²) in [5.74, 6) is 1.93. The van der Waals surface area contributed by atoms with Crippen LogP contribution in [0, 0.1) is 28.6 Å². The summed E-state index contributed by atoms with van der Waals surface area (Å²) in [5.41, 5.74) is 1.30. The van der Waals surface area contributed by atoms with E-state index >= 15 is 0 Å². The van der Waals surface area contributed by atoms with Crippen molar-refractivity contribution in [1.82, 2.24) is 0 Å². The zero-order valence-corrected chi connectivity index (χ0v) is 15.7. The predicted molar refractivity (Wildman–Crippen MR) is 93.7 cm³/mol. The van der Waals surface area contributed by atoms with Gasteiger partial charge in [-0.2, -0.15) is 0 Å². The van der Waals surface area contributed by atoms with Crippen LogP contribution in [0.3, 0.4) is 0 Å². The molecule has 25 heavy (non-hydrogen) atoms. The van der Waals surface area contributed by atoms with Crippen LogP contribution in [0.5, 0.6) is 0 Å². The van der Waals surface area contributed by atoms with Crippen LogP contribution >= 0.6 is 0 Å². The molecule has 0 aromatic rings. The third-order valence-electron chi connectivity index (χ3n) is 8.42. The van der Waals surface area contributed by atoms with E-state index in [1.165, 1.54) is 19.3 Å². The average molecular weight is 350 g/mol. The molecule has 1 unspecified atom stereocenters. The van der Waals surface area contributed by atoms with Crippen LogP contribution in [0.4, 0.5) is 4.39 Å². The van der Waals surface area contributed by atoms with E-state index in [0.29, 0.717) is 30.3 Å². The quantitative estimate of drug-likeness (QED) is 0.754. The summed E-state index contributed by atoms with van der Waals surface area (Å²) >= 11 is 0. The van der Waals surface area contributed by atoms with Gasteiger partial charge in [0.05, 0.1) is 12.2 Å². The van der Waals surface area contributed by atoms with E-state index in [1.54, 1.807) is 6.08 Å². The number of methoxy groups -OCH3 is 1. The molecule has 0 spiro atoms. The number of ether oxygens (including phenoxy) is 2. The van der Waals surface area contributed by atoms with E-state index in [-0.39, 0.29) is 22.7 Å². The second-order valence-electron chi connectivity index (χ2n) is 9.21. The van der Waals surface area contributed by atoms with Gasteiger partial charge in [-0.25, -0.2) is 4.39 Å². The first-order valence-electron chi connectivity index (χ1n) is 9.89. The van der Waals surface area contributed by atoms with Crippen LogP contribution < -0.4 is 0 Å². The lowest BCUT2D eigenvalue weighted by atomic mass is 9.47. The number of carbonyl (C=O) groups excluding carboxylic acids is 1. The fraction of sp³-hybridized carbons (Fsp3) is 0.857. The molecule has 0 aromatic carbocycles. The van der Waals surface area contributed by atoms with E-state index in [4.69, 9.17) is 9.47 Å². The van der Waals surface area contributed by atoms with Crippen LogP contribution in [0.2, 0.25) is 0 Å². The summed E-state index contributed by atoms with van der Waals surface area (Å²) in [6.07, 6.45) is 8.99. The van der Waals surface area contributed by atoms with Gasteiger partial charge in [-0.15, -0.1) is 0 Å². The van der Waals surface area contributed by atoms with Gasteiger partial charge < -0.3 is 9.47 Å². The van der Waals surface area contributed by atoms with Crippen LogP contribution in [0.25, 0.3) is 0 Å². The third kappa shape index (κ3) is 2.47. The van der Waals surface area contributed by atoms with Crippen molar-refractivity contribution in [3.05, 3.63) is 11.6 Å². The fourth-order valence-electron chi connectivity index (χ4n) is 7.15. The molecule has 140 valence electrons. The maximum Gasteiger partial charge on any atom is 0.189 e. The molecule has 3 nitrogen and oxygen atoms in total. The lowest BCUT2D eigenvalue weighted by molar-refractivity contribution is -0.127. The topological polar surface area (TPSA) is 35.5 Å².